The van der Waals surface area contributed by atoms with Crippen LogP contribution in [0.4, 0.5) is 11.4 Å². The number of hydrogen-bond acceptors (Lipinski definition) is 4. The van der Waals surface area contributed by atoms with E-state index in [4.69, 9.17) is 11.6 Å². The summed E-state index contributed by atoms with van der Waals surface area (Å²) >= 11 is 5.92. The fourth-order valence-corrected chi connectivity index (χ4v) is 2.16. The fraction of sp³-hybridized carbons (Fsp3) is 0.455. The number of nitrogens with zero attached hydrogens (tertiary/aromatic N) is 2. The zero-order valence-electron chi connectivity index (χ0n) is 9.36. The van der Waals surface area contributed by atoms with E-state index in [1.807, 2.05) is 4.90 Å². The number of nitrogens with one attached hydrogen (secondary N) is 1. The third-order valence-corrected chi connectivity index (χ3v) is 3.05. The van der Waals surface area contributed by atoms with E-state index in [1.54, 1.807) is 12.1 Å². The molecule has 0 aliphatic carbocycles. The summed E-state index contributed by atoms with van der Waals surface area (Å²) in [6.07, 6.45) is 0.976. The molecule has 1 saturated heterocycles. The lowest BCUT2D eigenvalue weighted by Crippen LogP contribution is -2.28. The smallest absolute Gasteiger partial charge is 0.292 e. The summed E-state index contributed by atoms with van der Waals surface area (Å²) in [6, 6.07) is 4.69. The molecule has 2 rings (SSSR count). The molecule has 17 heavy (non-hydrogen) atoms. The van der Waals surface area contributed by atoms with Gasteiger partial charge in [0.05, 0.1) is 4.92 Å². The predicted octanol–water partition coefficient (Wildman–Crippen LogP) is 2.05. The Morgan fingerprint density at radius 1 is 1.35 bits per heavy atom. The maximum absolute atomic E-state index is 11.0. The normalized spacial score (nSPS) is 16.6. The summed E-state index contributed by atoms with van der Waals surface area (Å²) < 4.78 is 0. The Morgan fingerprint density at radius 3 is 2.94 bits per heavy atom. The number of halogens is 1. The van der Waals surface area contributed by atoms with Crippen LogP contribution in [0.1, 0.15) is 6.42 Å². The molecule has 0 atom stereocenters. The van der Waals surface area contributed by atoms with Crippen LogP contribution in [0.5, 0.6) is 0 Å². The highest BCUT2D eigenvalue weighted by molar-refractivity contribution is 6.31. The SMILES string of the molecule is O=[N+]([O-])c1ccc(Cl)cc1N1CCCNCC1. The minimum absolute atomic E-state index is 0.122. The van der Waals surface area contributed by atoms with Gasteiger partial charge in [0, 0.05) is 30.7 Å². The Kier molecular flexibility index (Phi) is 3.81. The first-order chi connectivity index (χ1) is 8.18. The molecular formula is C11H14ClN3O2. The van der Waals surface area contributed by atoms with Gasteiger partial charge in [0.1, 0.15) is 5.69 Å². The van der Waals surface area contributed by atoms with Crippen molar-refractivity contribution in [2.75, 3.05) is 31.1 Å². The van der Waals surface area contributed by atoms with Crippen molar-refractivity contribution in [1.82, 2.24) is 5.32 Å². The maximum Gasteiger partial charge on any atom is 0.292 e. The Morgan fingerprint density at radius 2 is 2.18 bits per heavy atom. The van der Waals surface area contributed by atoms with Gasteiger partial charge < -0.3 is 10.2 Å². The summed E-state index contributed by atoms with van der Waals surface area (Å²) in [7, 11) is 0. The van der Waals surface area contributed by atoms with Gasteiger partial charge in [0.2, 0.25) is 0 Å². The molecule has 6 heteroatoms. The number of anilines is 1. The van der Waals surface area contributed by atoms with Crippen LogP contribution in [0.25, 0.3) is 0 Å². The first-order valence-electron chi connectivity index (χ1n) is 5.58. The highest BCUT2D eigenvalue weighted by Gasteiger charge is 2.20. The second-order valence-corrected chi connectivity index (χ2v) is 4.42. The van der Waals surface area contributed by atoms with E-state index in [-0.39, 0.29) is 10.6 Å². The molecule has 1 aliphatic rings. The Labute approximate surface area is 105 Å². The number of nitro groups is 1. The molecule has 1 aliphatic heterocycles. The predicted molar refractivity (Wildman–Crippen MR) is 67.8 cm³/mol. The standard InChI is InChI=1S/C11H14ClN3O2/c12-9-2-3-10(15(16)17)11(8-9)14-6-1-4-13-5-7-14/h2-3,8,13H,1,4-7H2. The van der Waals surface area contributed by atoms with Crippen molar-refractivity contribution < 1.29 is 4.92 Å². The van der Waals surface area contributed by atoms with E-state index < -0.39 is 0 Å². The molecule has 1 N–H and O–H groups in total. The fourth-order valence-electron chi connectivity index (χ4n) is 1.99. The van der Waals surface area contributed by atoms with E-state index in [9.17, 15) is 10.1 Å². The van der Waals surface area contributed by atoms with E-state index in [2.05, 4.69) is 5.32 Å². The molecule has 0 unspecified atom stereocenters. The average Bonchev–Trinajstić information content (AvgIpc) is 2.56. The van der Waals surface area contributed by atoms with Crippen molar-refractivity contribution in [3.63, 3.8) is 0 Å². The molecule has 1 aromatic rings. The summed E-state index contributed by atoms with van der Waals surface area (Å²) in [4.78, 5) is 12.6. The van der Waals surface area contributed by atoms with E-state index in [1.165, 1.54) is 6.07 Å². The highest BCUT2D eigenvalue weighted by Crippen LogP contribution is 2.31. The van der Waals surface area contributed by atoms with Crippen molar-refractivity contribution in [3.8, 4) is 0 Å². The Balaban J connectivity index is 2.34. The van der Waals surface area contributed by atoms with Gasteiger partial charge in [-0.2, -0.15) is 0 Å². The van der Waals surface area contributed by atoms with Gasteiger partial charge in [0.15, 0.2) is 0 Å². The summed E-state index contributed by atoms with van der Waals surface area (Å²) in [6.45, 7) is 3.36. The number of hydrogen-bond donors (Lipinski definition) is 1. The zero-order chi connectivity index (χ0) is 12.3. The van der Waals surface area contributed by atoms with Crippen LogP contribution in [-0.4, -0.2) is 31.1 Å². The molecule has 0 bridgehead atoms. The molecule has 1 aromatic carbocycles. The molecule has 1 heterocycles. The van der Waals surface area contributed by atoms with Crippen molar-refractivity contribution in [2.24, 2.45) is 0 Å². The third-order valence-electron chi connectivity index (χ3n) is 2.81. The molecule has 0 aromatic heterocycles. The van der Waals surface area contributed by atoms with Crippen LogP contribution < -0.4 is 10.2 Å². The van der Waals surface area contributed by atoms with Gasteiger partial charge in [-0.3, -0.25) is 10.1 Å². The number of nitro benzene ring substituents is 1. The average molecular weight is 256 g/mol. The van der Waals surface area contributed by atoms with Crippen molar-refractivity contribution >= 4 is 23.0 Å². The Bertz CT molecular complexity index is 417. The zero-order valence-corrected chi connectivity index (χ0v) is 10.1. The lowest BCUT2D eigenvalue weighted by Gasteiger charge is -2.22. The van der Waals surface area contributed by atoms with E-state index in [0.29, 0.717) is 10.7 Å². The first kappa shape index (κ1) is 12.1. The quantitative estimate of drug-likeness (QED) is 0.649. The van der Waals surface area contributed by atoms with Gasteiger partial charge in [-0.1, -0.05) is 11.6 Å². The topological polar surface area (TPSA) is 58.4 Å². The van der Waals surface area contributed by atoms with Crippen LogP contribution in [-0.2, 0) is 0 Å². The first-order valence-corrected chi connectivity index (χ1v) is 5.96. The van der Waals surface area contributed by atoms with E-state index >= 15 is 0 Å². The van der Waals surface area contributed by atoms with E-state index in [0.717, 1.165) is 32.6 Å². The molecule has 0 radical (unpaired) electrons. The molecule has 0 saturated carbocycles. The molecular weight excluding hydrogens is 242 g/mol. The third kappa shape index (κ3) is 2.87. The molecule has 1 fully saturated rings. The van der Waals surface area contributed by atoms with Crippen molar-refractivity contribution in [2.45, 2.75) is 6.42 Å². The second kappa shape index (κ2) is 5.33. The largest absolute Gasteiger partial charge is 0.365 e. The lowest BCUT2D eigenvalue weighted by molar-refractivity contribution is -0.384. The van der Waals surface area contributed by atoms with Crippen molar-refractivity contribution in [1.29, 1.82) is 0 Å². The summed E-state index contributed by atoms with van der Waals surface area (Å²) in [5.41, 5.74) is 0.738. The van der Waals surface area contributed by atoms with Crippen LogP contribution in [0.2, 0.25) is 5.02 Å². The van der Waals surface area contributed by atoms with Crippen LogP contribution in [0, 0.1) is 10.1 Å². The van der Waals surface area contributed by atoms with Gasteiger partial charge in [-0.25, -0.2) is 0 Å². The summed E-state index contributed by atoms with van der Waals surface area (Å²) in [5.74, 6) is 0. The lowest BCUT2D eigenvalue weighted by atomic mass is 10.2. The van der Waals surface area contributed by atoms with Crippen LogP contribution in [0.3, 0.4) is 0 Å². The van der Waals surface area contributed by atoms with Gasteiger partial charge in [-0.05, 0) is 25.1 Å². The van der Waals surface area contributed by atoms with Crippen LogP contribution >= 0.6 is 11.6 Å². The molecule has 92 valence electrons. The minimum atomic E-state index is -0.357. The molecule has 0 amide bonds. The van der Waals surface area contributed by atoms with Crippen LogP contribution in [0.15, 0.2) is 18.2 Å². The number of rotatable bonds is 2. The maximum atomic E-state index is 11.0. The second-order valence-electron chi connectivity index (χ2n) is 3.98. The minimum Gasteiger partial charge on any atom is -0.365 e. The van der Waals surface area contributed by atoms with Gasteiger partial charge in [-0.15, -0.1) is 0 Å². The molecule has 5 nitrogen and oxygen atoms in total. The van der Waals surface area contributed by atoms with Gasteiger partial charge in [0.25, 0.3) is 5.69 Å². The summed E-state index contributed by atoms with van der Waals surface area (Å²) in [5, 5.41) is 14.8. The molecule has 0 spiro atoms. The van der Waals surface area contributed by atoms with Crippen molar-refractivity contribution in [3.05, 3.63) is 33.3 Å². The monoisotopic (exact) mass is 255 g/mol. The Hall–Kier alpha value is -1.33. The van der Waals surface area contributed by atoms with Gasteiger partial charge >= 0.3 is 0 Å². The number of benzene rings is 1. The highest BCUT2D eigenvalue weighted by atomic mass is 35.5.